The third kappa shape index (κ3) is 6.44. The van der Waals surface area contributed by atoms with E-state index in [-0.39, 0.29) is 30.9 Å². The average molecular weight is 566 g/mol. The summed E-state index contributed by atoms with van der Waals surface area (Å²) in [5, 5.41) is 5.78. The van der Waals surface area contributed by atoms with E-state index in [2.05, 4.69) is 21.2 Å². The molecule has 0 unspecified atom stereocenters. The van der Waals surface area contributed by atoms with E-state index >= 15 is 0 Å². The third-order valence-corrected chi connectivity index (χ3v) is 6.95. The molecule has 0 fully saturated rings. The maximum absolute atomic E-state index is 13.3. The number of nitrogens with zero attached hydrogens (tertiary/aromatic N) is 1. The summed E-state index contributed by atoms with van der Waals surface area (Å²) in [4.78, 5) is 27.6. The van der Waals surface area contributed by atoms with E-state index in [1.54, 1.807) is 25.1 Å². The minimum atomic E-state index is -0.748. The molecule has 8 heteroatoms. The standard InChI is InChI=1S/C26H27BrCl2N2O3/c1-16(2)13-30-26(33)17(3)31(14-20-21(28)9-6-10-22(20)29)24(32)15-34-23-12-11-18-7-4-5-8-19(18)25(23)27/h4-12,16-17H,13-15H2,1-3H3,(H,30,33)/t17-/m0/s1. The van der Waals surface area contributed by atoms with Crippen LogP contribution in [0.15, 0.2) is 59.1 Å². The molecule has 3 rings (SSSR count). The molecule has 1 atom stereocenters. The van der Waals surface area contributed by atoms with Gasteiger partial charge in [0.15, 0.2) is 6.61 Å². The fraction of sp³-hybridized carbons (Fsp3) is 0.308. The summed E-state index contributed by atoms with van der Waals surface area (Å²) in [6.07, 6.45) is 0. The number of benzene rings is 3. The van der Waals surface area contributed by atoms with Crippen molar-refractivity contribution >= 4 is 61.7 Å². The van der Waals surface area contributed by atoms with Gasteiger partial charge in [0, 0.05) is 28.7 Å². The molecule has 0 aliphatic heterocycles. The molecule has 0 saturated carbocycles. The summed E-state index contributed by atoms with van der Waals surface area (Å²) in [5.74, 6) is 0.215. The first-order valence-corrected chi connectivity index (χ1v) is 12.5. The fourth-order valence-electron chi connectivity index (χ4n) is 3.44. The second-order valence-electron chi connectivity index (χ2n) is 8.42. The van der Waals surface area contributed by atoms with Gasteiger partial charge in [0.25, 0.3) is 5.91 Å². The Morgan fingerprint density at radius 1 is 1.00 bits per heavy atom. The molecule has 180 valence electrons. The van der Waals surface area contributed by atoms with Crippen molar-refractivity contribution in [3.8, 4) is 5.75 Å². The van der Waals surface area contributed by atoms with E-state index in [1.807, 2.05) is 50.2 Å². The number of nitrogens with one attached hydrogen (secondary N) is 1. The van der Waals surface area contributed by atoms with Gasteiger partial charge in [-0.05, 0) is 57.7 Å². The summed E-state index contributed by atoms with van der Waals surface area (Å²) in [6, 6.07) is 16.0. The first kappa shape index (κ1) is 26.3. The number of halogens is 3. The highest BCUT2D eigenvalue weighted by Crippen LogP contribution is 2.33. The first-order chi connectivity index (χ1) is 16.2. The Balaban J connectivity index is 1.82. The van der Waals surface area contributed by atoms with Crippen LogP contribution in [0.3, 0.4) is 0 Å². The van der Waals surface area contributed by atoms with Gasteiger partial charge < -0.3 is 15.0 Å². The van der Waals surface area contributed by atoms with E-state index in [0.717, 1.165) is 15.2 Å². The molecule has 0 aliphatic rings. The van der Waals surface area contributed by atoms with Crippen molar-refractivity contribution in [2.24, 2.45) is 5.92 Å². The molecule has 0 aliphatic carbocycles. The number of hydrogen-bond acceptors (Lipinski definition) is 3. The second-order valence-corrected chi connectivity index (χ2v) is 10.0. The lowest BCUT2D eigenvalue weighted by Gasteiger charge is -2.29. The molecule has 5 nitrogen and oxygen atoms in total. The maximum atomic E-state index is 13.3. The molecular weight excluding hydrogens is 539 g/mol. The summed E-state index contributed by atoms with van der Waals surface area (Å²) >= 11 is 16.3. The molecule has 0 radical (unpaired) electrons. The van der Waals surface area contributed by atoms with Crippen molar-refractivity contribution in [3.63, 3.8) is 0 Å². The Bertz CT molecular complexity index is 1170. The van der Waals surface area contributed by atoms with Crippen LogP contribution in [0, 0.1) is 5.92 Å². The molecule has 1 N–H and O–H groups in total. The number of amides is 2. The molecule has 0 saturated heterocycles. The van der Waals surface area contributed by atoms with Crippen LogP contribution in [-0.2, 0) is 16.1 Å². The Hall–Kier alpha value is -2.28. The van der Waals surface area contributed by atoms with Crippen molar-refractivity contribution < 1.29 is 14.3 Å². The topological polar surface area (TPSA) is 58.6 Å². The predicted molar refractivity (Wildman–Crippen MR) is 141 cm³/mol. The summed E-state index contributed by atoms with van der Waals surface area (Å²) in [7, 11) is 0. The van der Waals surface area contributed by atoms with Crippen molar-refractivity contribution in [2.75, 3.05) is 13.2 Å². The largest absolute Gasteiger partial charge is 0.483 e. The Morgan fingerprint density at radius 2 is 1.68 bits per heavy atom. The molecule has 0 aromatic heterocycles. The molecule has 0 bridgehead atoms. The number of hydrogen-bond donors (Lipinski definition) is 1. The van der Waals surface area contributed by atoms with Crippen LogP contribution in [0.1, 0.15) is 26.3 Å². The van der Waals surface area contributed by atoms with Crippen LogP contribution < -0.4 is 10.1 Å². The number of carbonyl (C=O) groups excluding carboxylic acids is 2. The number of ether oxygens (including phenoxy) is 1. The summed E-state index contributed by atoms with van der Waals surface area (Å²) < 4.78 is 6.64. The van der Waals surface area contributed by atoms with E-state index in [0.29, 0.717) is 27.9 Å². The van der Waals surface area contributed by atoms with Crippen molar-refractivity contribution in [1.82, 2.24) is 10.2 Å². The van der Waals surface area contributed by atoms with Gasteiger partial charge in [-0.25, -0.2) is 0 Å². The zero-order valence-corrected chi connectivity index (χ0v) is 22.4. The molecule has 34 heavy (non-hydrogen) atoms. The lowest BCUT2D eigenvalue weighted by Crippen LogP contribution is -2.49. The number of rotatable bonds is 9. The lowest BCUT2D eigenvalue weighted by atomic mass is 10.1. The zero-order valence-electron chi connectivity index (χ0n) is 19.3. The maximum Gasteiger partial charge on any atom is 0.261 e. The van der Waals surface area contributed by atoms with Gasteiger partial charge in [-0.3, -0.25) is 9.59 Å². The van der Waals surface area contributed by atoms with Gasteiger partial charge in [-0.1, -0.05) is 73.4 Å². The van der Waals surface area contributed by atoms with Crippen LogP contribution >= 0.6 is 39.1 Å². The van der Waals surface area contributed by atoms with E-state index in [4.69, 9.17) is 27.9 Å². The zero-order chi connectivity index (χ0) is 24.8. The summed E-state index contributed by atoms with van der Waals surface area (Å²) in [5.41, 5.74) is 0.578. The Labute approximate surface area is 218 Å². The molecule has 3 aromatic rings. The van der Waals surface area contributed by atoms with Crippen molar-refractivity contribution in [2.45, 2.75) is 33.4 Å². The Morgan fingerprint density at radius 3 is 2.35 bits per heavy atom. The monoisotopic (exact) mass is 564 g/mol. The van der Waals surface area contributed by atoms with Crippen LogP contribution in [0.5, 0.6) is 5.75 Å². The predicted octanol–water partition coefficient (Wildman–Crippen LogP) is 6.48. The fourth-order valence-corrected chi connectivity index (χ4v) is 4.56. The van der Waals surface area contributed by atoms with Crippen LogP contribution in [0.4, 0.5) is 0 Å². The van der Waals surface area contributed by atoms with Gasteiger partial charge in [0.05, 0.1) is 4.47 Å². The normalized spacial score (nSPS) is 12.0. The van der Waals surface area contributed by atoms with E-state index in [1.165, 1.54) is 4.90 Å². The lowest BCUT2D eigenvalue weighted by molar-refractivity contribution is -0.142. The second kappa shape index (κ2) is 11.9. The quantitative estimate of drug-likeness (QED) is 0.323. The van der Waals surface area contributed by atoms with E-state index in [9.17, 15) is 9.59 Å². The highest BCUT2D eigenvalue weighted by molar-refractivity contribution is 9.10. The van der Waals surface area contributed by atoms with Gasteiger partial charge in [0.2, 0.25) is 5.91 Å². The van der Waals surface area contributed by atoms with Crippen LogP contribution in [0.2, 0.25) is 10.0 Å². The smallest absolute Gasteiger partial charge is 0.261 e. The number of fused-ring (bicyclic) bond motifs is 1. The van der Waals surface area contributed by atoms with Gasteiger partial charge in [-0.2, -0.15) is 0 Å². The van der Waals surface area contributed by atoms with Gasteiger partial charge in [0.1, 0.15) is 11.8 Å². The highest BCUT2D eigenvalue weighted by Gasteiger charge is 2.28. The number of carbonyl (C=O) groups is 2. The minimum absolute atomic E-state index is 0.0792. The van der Waals surface area contributed by atoms with Crippen LogP contribution in [0.25, 0.3) is 10.8 Å². The van der Waals surface area contributed by atoms with Crippen molar-refractivity contribution in [3.05, 3.63) is 74.7 Å². The third-order valence-electron chi connectivity index (χ3n) is 5.42. The molecule has 3 aromatic carbocycles. The van der Waals surface area contributed by atoms with Gasteiger partial charge >= 0.3 is 0 Å². The first-order valence-electron chi connectivity index (χ1n) is 11.0. The molecule has 2 amide bonds. The summed E-state index contributed by atoms with van der Waals surface area (Å²) in [6.45, 7) is 6.04. The molecule has 0 heterocycles. The average Bonchev–Trinajstić information content (AvgIpc) is 2.81. The minimum Gasteiger partial charge on any atom is -0.483 e. The van der Waals surface area contributed by atoms with Gasteiger partial charge in [-0.15, -0.1) is 0 Å². The van der Waals surface area contributed by atoms with Crippen LogP contribution in [-0.4, -0.2) is 35.9 Å². The van der Waals surface area contributed by atoms with Crippen molar-refractivity contribution in [1.29, 1.82) is 0 Å². The molecule has 0 spiro atoms. The van der Waals surface area contributed by atoms with E-state index < -0.39 is 6.04 Å². The Kier molecular flexibility index (Phi) is 9.23. The SMILES string of the molecule is CC(C)CNC(=O)[C@H](C)N(Cc1c(Cl)cccc1Cl)C(=O)COc1ccc2ccccc2c1Br. The molecular formula is C26H27BrCl2N2O3. The highest BCUT2D eigenvalue weighted by atomic mass is 79.9.